The van der Waals surface area contributed by atoms with Crippen LogP contribution in [-0.2, 0) is 17.6 Å². The van der Waals surface area contributed by atoms with Crippen LogP contribution in [0.2, 0.25) is 0 Å². The molecule has 1 atom stereocenters. The van der Waals surface area contributed by atoms with E-state index in [4.69, 9.17) is 9.47 Å². The molecule has 0 radical (unpaired) electrons. The molecule has 0 saturated carbocycles. The second-order valence-electron chi connectivity index (χ2n) is 6.93. The molecule has 1 aromatic carbocycles. The maximum absolute atomic E-state index is 12.6. The fourth-order valence-corrected chi connectivity index (χ4v) is 3.88. The molecule has 0 unspecified atom stereocenters. The van der Waals surface area contributed by atoms with Crippen molar-refractivity contribution in [2.24, 2.45) is 0 Å². The van der Waals surface area contributed by atoms with E-state index in [1.807, 2.05) is 46.1 Å². The summed E-state index contributed by atoms with van der Waals surface area (Å²) in [6.07, 6.45) is 3.90. The number of carbonyl (C=O) groups is 1. The molecule has 150 valence electrons. The minimum absolute atomic E-state index is 0.0697. The molecule has 1 N–H and O–H groups in total. The number of ether oxygens (including phenoxy) is 2. The van der Waals surface area contributed by atoms with E-state index in [1.54, 1.807) is 0 Å². The number of thioether (sulfide) groups is 1. The van der Waals surface area contributed by atoms with Gasteiger partial charge in [-0.2, -0.15) is 0 Å². The average molecular weight is 402 g/mol. The molecule has 6 nitrogen and oxygen atoms in total. The number of carbonyl (C=O) groups excluding carboxylic acids is 1. The quantitative estimate of drug-likeness (QED) is 0.556. The Labute approximate surface area is 170 Å². The Hall–Kier alpha value is -2.28. The number of nitrogens with one attached hydrogen (secondary N) is 1. The van der Waals surface area contributed by atoms with E-state index in [9.17, 15) is 4.79 Å². The first-order valence-electron chi connectivity index (χ1n) is 9.55. The Balaban J connectivity index is 1.71. The van der Waals surface area contributed by atoms with Crippen LogP contribution in [0.5, 0.6) is 11.5 Å². The number of rotatable bonds is 7. The van der Waals surface area contributed by atoms with Gasteiger partial charge in [-0.25, -0.2) is 9.97 Å². The van der Waals surface area contributed by atoms with Gasteiger partial charge in [0.15, 0.2) is 5.16 Å². The maximum atomic E-state index is 12.6. The molecule has 1 aliphatic rings. The largest absolute Gasteiger partial charge is 0.492 e. The first-order chi connectivity index (χ1) is 13.4. The zero-order valence-electron chi connectivity index (χ0n) is 17.1. The van der Waals surface area contributed by atoms with Gasteiger partial charge < -0.3 is 14.8 Å². The average Bonchev–Trinajstić information content (AvgIpc) is 3.00. The Morgan fingerprint density at radius 1 is 1.32 bits per heavy atom. The van der Waals surface area contributed by atoms with Gasteiger partial charge in [-0.3, -0.25) is 4.79 Å². The summed E-state index contributed by atoms with van der Waals surface area (Å²) in [5.41, 5.74) is 4.66. The van der Waals surface area contributed by atoms with Gasteiger partial charge in [0.25, 0.3) is 0 Å². The number of fused-ring (bicyclic) bond motifs is 1. The normalized spacial score (nSPS) is 15.1. The molecule has 28 heavy (non-hydrogen) atoms. The molecular formula is C21H27N3O3S. The molecule has 1 aromatic heterocycles. The highest BCUT2D eigenvalue weighted by Crippen LogP contribution is 2.38. The maximum Gasteiger partial charge on any atom is 0.224 e. The molecule has 2 aromatic rings. The van der Waals surface area contributed by atoms with Gasteiger partial charge >= 0.3 is 0 Å². The van der Waals surface area contributed by atoms with E-state index in [1.165, 1.54) is 11.8 Å². The lowest BCUT2D eigenvalue weighted by Gasteiger charge is -2.14. The smallest absolute Gasteiger partial charge is 0.224 e. The summed E-state index contributed by atoms with van der Waals surface area (Å²) in [4.78, 5) is 21.6. The minimum atomic E-state index is -0.0697. The van der Waals surface area contributed by atoms with E-state index in [0.717, 1.165) is 39.8 Å². The number of amides is 1. The number of aryl methyl sites for hydroxylation is 2. The lowest BCUT2D eigenvalue weighted by Crippen LogP contribution is -2.15. The highest BCUT2D eigenvalue weighted by molar-refractivity contribution is 7.98. The minimum Gasteiger partial charge on any atom is -0.492 e. The Morgan fingerprint density at radius 3 is 2.68 bits per heavy atom. The number of nitrogens with zero attached hydrogens (tertiary/aromatic N) is 2. The van der Waals surface area contributed by atoms with Crippen molar-refractivity contribution in [1.29, 1.82) is 0 Å². The number of hydrogen-bond acceptors (Lipinski definition) is 6. The summed E-state index contributed by atoms with van der Waals surface area (Å²) in [5, 5.41) is 3.74. The SMILES string of the molecule is CCOc1cc2c(cc1NC(=O)CCc1c(C)nc(SC)nc1C)O[C@@H](C)C2. The van der Waals surface area contributed by atoms with Crippen LogP contribution in [0.1, 0.15) is 42.8 Å². The van der Waals surface area contributed by atoms with Crippen molar-refractivity contribution in [3.05, 3.63) is 34.6 Å². The first-order valence-corrected chi connectivity index (χ1v) is 10.8. The molecule has 2 heterocycles. The fraction of sp³-hybridized carbons (Fsp3) is 0.476. The van der Waals surface area contributed by atoms with Gasteiger partial charge in [-0.15, -0.1) is 0 Å². The molecule has 1 aliphatic heterocycles. The third-order valence-corrected chi connectivity index (χ3v) is 5.30. The Kier molecular flexibility index (Phi) is 6.44. The summed E-state index contributed by atoms with van der Waals surface area (Å²) in [6, 6.07) is 3.84. The zero-order valence-corrected chi connectivity index (χ0v) is 17.9. The van der Waals surface area contributed by atoms with Crippen LogP contribution in [0.3, 0.4) is 0 Å². The number of hydrogen-bond donors (Lipinski definition) is 1. The molecular weight excluding hydrogens is 374 g/mol. The third-order valence-electron chi connectivity index (χ3n) is 4.76. The van der Waals surface area contributed by atoms with Crippen LogP contribution in [0.25, 0.3) is 0 Å². The van der Waals surface area contributed by atoms with Crippen molar-refractivity contribution in [3.8, 4) is 11.5 Å². The topological polar surface area (TPSA) is 73.3 Å². The van der Waals surface area contributed by atoms with Crippen molar-refractivity contribution in [2.75, 3.05) is 18.2 Å². The van der Waals surface area contributed by atoms with Crippen molar-refractivity contribution in [1.82, 2.24) is 9.97 Å². The highest BCUT2D eigenvalue weighted by Gasteiger charge is 2.22. The highest BCUT2D eigenvalue weighted by atomic mass is 32.2. The van der Waals surface area contributed by atoms with E-state index in [-0.39, 0.29) is 12.0 Å². The molecule has 3 rings (SSSR count). The number of aromatic nitrogens is 2. The molecule has 1 amide bonds. The summed E-state index contributed by atoms with van der Waals surface area (Å²) in [5.74, 6) is 1.44. The second-order valence-corrected chi connectivity index (χ2v) is 7.70. The first kappa shape index (κ1) is 20.5. The molecule has 0 fully saturated rings. The molecule has 7 heteroatoms. The second kappa shape index (κ2) is 8.82. The van der Waals surface area contributed by atoms with Crippen molar-refractivity contribution >= 4 is 23.4 Å². The standard InChI is InChI=1S/C21H27N3O3S/c1-6-26-19-10-15-9-12(2)27-18(15)11-17(19)24-20(25)8-7-16-13(3)22-21(28-5)23-14(16)4/h10-12H,6-9H2,1-5H3,(H,24,25)/t12-/m0/s1. The van der Waals surface area contributed by atoms with Crippen molar-refractivity contribution < 1.29 is 14.3 Å². The molecule has 0 bridgehead atoms. The summed E-state index contributed by atoms with van der Waals surface area (Å²) >= 11 is 1.52. The van der Waals surface area contributed by atoms with Crippen molar-refractivity contribution in [3.63, 3.8) is 0 Å². The van der Waals surface area contributed by atoms with Crippen LogP contribution in [0.4, 0.5) is 5.69 Å². The Morgan fingerprint density at radius 2 is 2.04 bits per heavy atom. The van der Waals surface area contributed by atoms with Gasteiger partial charge in [0.05, 0.1) is 12.3 Å². The summed E-state index contributed by atoms with van der Waals surface area (Å²) in [7, 11) is 0. The lowest BCUT2D eigenvalue weighted by atomic mass is 10.1. The fourth-order valence-electron chi connectivity index (χ4n) is 3.42. The third kappa shape index (κ3) is 4.58. The van der Waals surface area contributed by atoms with Crippen LogP contribution in [0.15, 0.2) is 17.3 Å². The van der Waals surface area contributed by atoms with Gasteiger partial charge in [0.1, 0.15) is 17.6 Å². The number of anilines is 1. The molecule has 0 aliphatic carbocycles. The van der Waals surface area contributed by atoms with Gasteiger partial charge in [-0.05, 0) is 52.0 Å². The van der Waals surface area contributed by atoms with Gasteiger partial charge in [0, 0.05) is 35.9 Å². The van der Waals surface area contributed by atoms with E-state index >= 15 is 0 Å². The van der Waals surface area contributed by atoms with Gasteiger partial charge in [-0.1, -0.05) is 11.8 Å². The molecule has 0 spiro atoms. The molecule has 0 saturated heterocycles. The predicted octanol–water partition coefficient (Wildman–Crippen LogP) is 4.11. The Bertz CT molecular complexity index is 862. The van der Waals surface area contributed by atoms with Crippen molar-refractivity contribution in [2.45, 2.75) is 58.2 Å². The summed E-state index contributed by atoms with van der Waals surface area (Å²) in [6.45, 7) is 8.44. The predicted molar refractivity (Wildman–Crippen MR) is 112 cm³/mol. The number of benzene rings is 1. The summed E-state index contributed by atoms with van der Waals surface area (Å²) < 4.78 is 11.6. The van der Waals surface area contributed by atoms with Crippen LogP contribution >= 0.6 is 11.8 Å². The lowest BCUT2D eigenvalue weighted by molar-refractivity contribution is -0.116. The monoisotopic (exact) mass is 401 g/mol. The van der Waals surface area contributed by atoms with Crippen LogP contribution in [0, 0.1) is 13.8 Å². The van der Waals surface area contributed by atoms with E-state index < -0.39 is 0 Å². The zero-order chi connectivity index (χ0) is 20.3. The van der Waals surface area contributed by atoms with Crippen LogP contribution < -0.4 is 14.8 Å². The van der Waals surface area contributed by atoms with E-state index in [2.05, 4.69) is 15.3 Å². The van der Waals surface area contributed by atoms with Crippen LogP contribution in [-0.4, -0.2) is 34.8 Å². The van der Waals surface area contributed by atoms with E-state index in [0.29, 0.717) is 30.9 Å². The van der Waals surface area contributed by atoms with Gasteiger partial charge in [0.2, 0.25) is 5.91 Å².